The number of rotatable bonds is 0. The van der Waals surface area contributed by atoms with E-state index >= 15 is 0 Å². The van der Waals surface area contributed by atoms with Crippen molar-refractivity contribution in [2.24, 2.45) is 0 Å². The van der Waals surface area contributed by atoms with Gasteiger partial charge in [-0.1, -0.05) is 74.3 Å². The number of hydrogen-bond acceptors (Lipinski definition) is 2. The van der Waals surface area contributed by atoms with E-state index in [1.54, 1.807) is 0 Å². The zero-order valence-corrected chi connectivity index (χ0v) is 17.7. The Kier molecular flexibility index (Phi) is 10.3. The van der Waals surface area contributed by atoms with Crippen molar-refractivity contribution < 1.29 is 9.59 Å². The lowest BCUT2D eigenvalue weighted by molar-refractivity contribution is 0.0944. The first-order valence-electron chi connectivity index (χ1n) is 7.98. The summed E-state index contributed by atoms with van der Waals surface area (Å²) < 4.78 is 0. The molecule has 3 nitrogen and oxygen atoms in total. The predicted octanol–water partition coefficient (Wildman–Crippen LogP) is 4.81. The lowest BCUT2D eigenvalue weighted by Crippen LogP contribution is -2.31. The van der Waals surface area contributed by atoms with Crippen LogP contribution in [0.2, 0.25) is 0 Å². The van der Waals surface area contributed by atoms with Crippen molar-refractivity contribution in [1.82, 2.24) is 5.32 Å². The zero-order valence-electron chi connectivity index (χ0n) is 14.5. The first-order chi connectivity index (χ1) is 12.3. The van der Waals surface area contributed by atoms with E-state index in [1.807, 2.05) is 60.2 Å². The van der Waals surface area contributed by atoms with Gasteiger partial charge in [-0.25, -0.2) is 0 Å². The van der Waals surface area contributed by atoms with Gasteiger partial charge >= 0.3 is 0 Å². The maximum absolute atomic E-state index is 11.2. The number of Topliss-reactive ketones (excluding diaryl/α,β-unsaturated/α-hetero) is 1. The molecule has 0 fully saturated rings. The van der Waals surface area contributed by atoms with Gasteiger partial charge in [0, 0.05) is 24.1 Å². The smallest absolute Gasteiger partial charge is 0.251 e. The van der Waals surface area contributed by atoms with E-state index in [9.17, 15) is 9.59 Å². The molecule has 1 heterocycles. The van der Waals surface area contributed by atoms with Crippen LogP contribution in [-0.4, -0.2) is 29.9 Å². The molecule has 1 aliphatic heterocycles. The van der Waals surface area contributed by atoms with E-state index < -0.39 is 0 Å². The van der Waals surface area contributed by atoms with Crippen LogP contribution >= 0.6 is 31.9 Å². The number of halogens is 2. The lowest BCUT2D eigenvalue weighted by Gasteiger charge is -2.15. The average molecular weight is 469 g/mol. The van der Waals surface area contributed by atoms with Crippen molar-refractivity contribution in [3.05, 3.63) is 70.8 Å². The molecule has 1 amide bonds. The molecule has 2 aromatic carbocycles. The van der Waals surface area contributed by atoms with Crippen molar-refractivity contribution >= 4 is 43.6 Å². The molecule has 2 aromatic rings. The molecule has 1 N–H and O–H groups in total. The summed E-state index contributed by atoms with van der Waals surface area (Å²) in [6.07, 6.45) is 2.61. The third-order valence-electron chi connectivity index (χ3n) is 3.88. The number of fused-ring (bicyclic) bond motifs is 2. The number of amides is 1. The SMILES string of the molecule is CBr.CBr.O=C1CCc2ccccc21.O=C1NCCc2ccccc21. The van der Waals surface area contributed by atoms with E-state index in [4.69, 9.17) is 0 Å². The summed E-state index contributed by atoms with van der Waals surface area (Å²) >= 11 is 5.88. The molecule has 0 radical (unpaired) electrons. The molecule has 0 bridgehead atoms. The number of carbonyl (C=O) groups is 2. The zero-order chi connectivity index (χ0) is 18.7. The van der Waals surface area contributed by atoms with Gasteiger partial charge in [0.1, 0.15) is 0 Å². The van der Waals surface area contributed by atoms with Gasteiger partial charge in [-0.15, -0.1) is 0 Å². The Morgan fingerprint density at radius 2 is 1.24 bits per heavy atom. The molecule has 0 atom stereocenters. The van der Waals surface area contributed by atoms with Gasteiger partial charge in [-0.05, 0) is 41.7 Å². The predicted molar refractivity (Wildman–Crippen MR) is 111 cm³/mol. The van der Waals surface area contributed by atoms with Crippen molar-refractivity contribution in [2.45, 2.75) is 19.3 Å². The maximum Gasteiger partial charge on any atom is 0.251 e. The molecular weight excluding hydrogens is 446 g/mol. The van der Waals surface area contributed by atoms with Crippen LogP contribution in [-0.2, 0) is 12.8 Å². The highest BCUT2D eigenvalue weighted by Gasteiger charge is 2.17. The molecule has 1 aliphatic carbocycles. The van der Waals surface area contributed by atoms with E-state index in [0.717, 1.165) is 36.1 Å². The fourth-order valence-electron chi connectivity index (χ4n) is 2.76. The van der Waals surface area contributed by atoms with Crippen LogP contribution in [0, 0.1) is 0 Å². The Hall–Kier alpha value is -1.46. The van der Waals surface area contributed by atoms with Crippen LogP contribution in [0.15, 0.2) is 48.5 Å². The van der Waals surface area contributed by atoms with E-state index in [-0.39, 0.29) is 5.91 Å². The van der Waals surface area contributed by atoms with E-state index in [2.05, 4.69) is 37.2 Å². The standard InChI is InChI=1S/C9H9NO.C9H8O.2CH3Br/c11-9-8-4-2-1-3-7(8)5-6-10-9;10-9-6-5-7-3-1-2-4-8(7)9;2*1-2/h1-4H,5-6H2,(H,10,11);1-4H,5-6H2;2*1H3. The number of benzene rings is 2. The summed E-state index contributed by atoms with van der Waals surface area (Å²) in [5.74, 6) is 3.99. The van der Waals surface area contributed by atoms with Gasteiger partial charge in [-0.3, -0.25) is 9.59 Å². The summed E-state index contributed by atoms with van der Waals surface area (Å²) in [5, 5.41) is 2.80. The Bertz CT molecular complexity index is 702. The Morgan fingerprint density at radius 1 is 0.720 bits per heavy atom. The molecule has 0 saturated carbocycles. The molecule has 0 saturated heterocycles. The fraction of sp³-hybridized carbons (Fsp3) is 0.300. The molecular formula is C20H23Br2NO2. The van der Waals surface area contributed by atoms with Crippen LogP contribution in [0.1, 0.15) is 38.3 Å². The highest BCUT2D eigenvalue weighted by Crippen LogP contribution is 2.20. The molecule has 5 heteroatoms. The van der Waals surface area contributed by atoms with Crippen LogP contribution in [0.3, 0.4) is 0 Å². The number of hydrogen-bond donors (Lipinski definition) is 1. The number of alkyl halides is 2. The van der Waals surface area contributed by atoms with E-state index in [1.165, 1.54) is 5.56 Å². The minimum atomic E-state index is 0.0619. The minimum Gasteiger partial charge on any atom is -0.352 e. The molecule has 134 valence electrons. The third-order valence-corrected chi connectivity index (χ3v) is 3.88. The maximum atomic E-state index is 11.2. The van der Waals surface area contributed by atoms with Crippen molar-refractivity contribution in [3.63, 3.8) is 0 Å². The van der Waals surface area contributed by atoms with Crippen molar-refractivity contribution in [1.29, 1.82) is 0 Å². The highest BCUT2D eigenvalue weighted by atomic mass is 79.9. The Balaban J connectivity index is 0.000000210. The van der Waals surface area contributed by atoms with Gasteiger partial charge in [0.15, 0.2) is 5.78 Å². The van der Waals surface area contributed by atoms with Gasteiger partial charge in [0.05, 0.1) is 0 Å². The lowest BCUT2D eigenvalue weighted by atomic mass is 10.0. The Labute approximate surface area is 166 Å². The number of carbonyl (C=O) groups excluding carboxylic acids is 2. The minimum absolute atomic E-state index is 0.0619. The molecule has 0 spiro atoms. The number of nitrogens with one attached hydrogen (secondary N) is 1. The molecule has 4 rings (SSSR count). The Morgan fingerprint density at radius 3 is 1.80 bits per heavy atom. The van der Waals surface area contributed by atoms with Crippen molar-refractivity contribution in [3.8, 4) is 0 Å². The number of ketones is 1. The van der Waals surface area contributed by atoms with Gasteiger partial charge in [0.2, 0.25) is 0 Å². The second kappa shape index (κ2) is 12.0. The largest absolute Gasteiger partial charge is 0.352 e. The normalized spacial score (nSPS) is 13.4. The quantitative estimate of drug-likeness (QED) is 0.564. The summed E-state index contributed by atoms with van der Waals surface area (Å²) in [4.78, 5) is 22.2. The molecule has 0 unspecified atom stereocenters. The first-order valence-corrected chi connectivity index (χ1v) is 11.2. The second-order valence-electron chi connectivity index (χ2n) is 5.24. The average Bonchev–Trinajstić information content (AvgIpc) is 3.07. The van der Waals surface area contributed by atoms with Gasteiger partial charge in [0.25, 0.3) is 5.91 Å². The van der Waals surface area contributed by atoms with Gasteiger partial charge < -0.3 is 5.32 Å². The second-order valence-corrected chi connectivity index (χ2v) is 5.24. The number of aryl methyl sites for hydroxylation is 1. The summed E-state index contributed by atoms with van der Waals surface area (Å²) in [5.41, 5.74) is 4.14. The van der Waals surface area contributed by atoms with Crippen molar-refractivity contribution in [2.75, 3.05) is 18.2 Å². The van der Waals surface area contributed by atoms with Crippen LogP contribution in [0.25, 0.3) is 0 Å². The van der Waals surface area contributed by atoms with Crippen LogP contribution < -0.4 is 5.32 Å². The molecule has 0 aromatic heterocycles. The van der Waals surface area contributed by atoms with Crippen LogP contribution in [0.4, 0.5) is 0 Å². The topological polar surface area (TPSA) is 46.2 Å². The molecule has 25 heavy (non-hydrogen) atoms. The monoisotopic (exact) mass is 467 g/mol. The van der Waals surface area contributed by atoms with Gasteiger partial charge in [-0.2, -0.15) is 0 Å². The van der Waals surface area contributed by atoms with Crippen LogP contribution in [0.5, 0.6) is 0 Å². The summed E-state index contributed by atoms with van der Waals surface area (Å²) in [7, 11) is 0. The first kappa shape index (κ1) is 21.6. The highest BCUT2D eigenvalue weighted by molar-refractivity contribution is 9.09. The fourth-order valence-corrected chi connectivity index (χ4v) is 2.76. The third kappa shape index (κ3) is 6.08. The summed E-state index contributed by atoms with van der Waals surface area (Å²) in [6.45, 7) is 0.774. The molecule has 2 aliphatic rings. The van der Waals surface area contributed by atoms with E-state index in [0.29, 0.717) is 12.2 Å². The summed E-state index contributed by atoms with van der Waals surface area (Å²) in [6, 6.07) is 15.6.